The predicted octanol–water partition coefficient (Wildman–Crippen LogP) is 1.25. The summed E-state index contributed by atoms with van der Waals surface area (Å²) in [5, 5.41) is 0. The van der Waals surface area contributed by atoms with Crippen LogP contribution in [0.2, 0.25) is 0 Å². The summed E-state index contributed by atoms with van der Waals surface area (Å²) in [7, 11) is 1.35. The lowest BCUT2D eigenvalue weighted by Gasteiger charge is -2.47. The highest BCUT2D eigenvalue weighted by molar-refractivity contribution is 5.93. The van der Waals surface area contributed by atoms with E-state index in [0.29, 0.717) is 0 Å². The summed E-state index contributed by atoms with van der Waals surface area (Å²) in [6, 6.07) is 0. The molecule has 0 aromatic heterocycles. The predicted molar refractivity (Wildman–Crippen MR) is 62.8 cm³/mol. The van der Waals surface area contributed by atoms with Crippen molar-refractivity contribution in [2.45, 2.75) is 27.2 Å². The molecule has 1 saturated carbocycles. The van der Waals surface area contributed by atoms with Gasteiger partial charge in [0.1, 0.15) is 0 Å². The monoisotopic (exact) mass is 237 g/mol. The first kappa shape index (κ1) is 12.1. The second kappa shape index (κ2) is 3.12. The lowest BCUT2D eigenvalue weighted by atomic mass is 9.54. The van der Waals surface area contributed by atoms with Gasteiger partial charge in [0.25, 0.3) is 0 Å². The van der Waals surface area contributed by atoms with Crippen molar-refractivity contribution in [3.05, 3.63) is 12.2 Å². The van der Waals surface area contributed by atoms with Crippen molar-refractivity contribution in [1.82, 2.24) is 0 Å². The zero-order valence-electron chi connectivity index (χ0n) is 10.7. The molecule has 4 unspecified atom stereocenters. The maximum absolute atomic E-state index is 12.1. The minimum atomic E-state index is -0.896. The smallest absolute Gasteiger partial charge is 0.313 e. The molecular weight excluding hydrogens is 218 g/mol. The first-order valence-electron chi connectivity index (χ1n) is 5.82. The summed E-state index contributed by atoms with van der Waals surface area (Å²) in [5.74, 6) is -0.755. The zero-order valence-corrected chi connectivity index (χ0v) is 10.7. The topological polar surface area (TPSA) is 69.4 Å². The average molecular weight is 237 g/mol. The largest absolute Gasteiger partial charge is 0.469 e. The van der Waals surface area contributed by atoms with E-state index in [2.05, 4.69) is 0 Å². The van der Waals surface area contributed by atoms with Crippen LogP contribution in [0.1, 0.15) is 27.2 Å². The van der Waals surface area contributed by atoms with Crippen LogP contribution in [0.4, 0.5) is 0 Å². The molecule has 2 aliphatic rings. The van der Waals surface area contributed by atoms with Gasteiger partial charge in [-0.3, -0.25) is 9.59 Å². The Kier molecular flexibility index (Phi) is 2.23. The van der Waals surface area contributed by atoms with Crippen molar-refractivity contribution in [3.63, 3.8) is 0 Å². The molecule has 0 spiro atoms. The van der Waals surface area contributed by atoms with Crippen molar-refractivity contribution in [2.24, 2.45) is 27.9 Å². The lowest BCUT2D eigenvalue weighted by Crippen LogP contribution is -2.57. The molecule has 0 heterocycles. The third-order valence-electron chi connectivity index (χ3n) is 5.37. The molecule has 0 aromatic rings. The Hall–Kier alpha value is -1.32. The maximum Gasteiger partial charge on any atom is 0.313 e. The Bertz CT molecular complexity index is 430. The third kappa shape index (κ3) is 1.04. The molecule has 2 aliphatic carbocycles. The van der Waals surface area contributed by atoms with Crippen LogP contribution in [-0.4, -0.2) is 19.0 Å². The van der Waals surface area contributed by atoms with Crippen LogP contribution in [0.15, 0.2) is 12.2 Å². The van der Waals surface area contributed by atoms with E-state index in [4.69, 9.17) is 10.5 Å². The number of esters is 1. The van der Waals surface area contributed by atoms with Gasteiger partial charge in [0.2, 0.25) is 5.91 Å². The van der Waals surface area contributed by atoms with Crippen LogP contribution < -0.4 is 5.73 Å². The fourth-order valence-corrected chi connectivity index (χ4v) is 3.76. The quantitative estimate of drug-likeness (QED) is 0.580. The molecule has 0 saturated heterocycles. The maximum atomic E-state index is 12.1. The molecule has 4 heteroatoms. The Morgan fingerprint density at radius 2 is 1.94 bits per heavy atom. The molecule has 2 N–H and O–H groups in total. The first-order valence-corrected chi connectivity index (χ1v) is 5.82. The summed E-state index contributed by atoms with van der Waals surface area (Å²) in [5.41, 5.74) is 3.48. The van der Waals surface area contributed by atoms with E-state index in [0.717, 1.165) is 6.42 Å². The number of methoxy groups -OCH3 is 1. The van der Waals surface area contributed by atoms with Crippen molar-refractivity contribution < 1.29 is 14.3 Å². The number of nitrogens with two attached hydrogens (primary N) is 1. The molecule has 0 radical (unpaired) electrons. The Balaban J connectivity index is 2.64. The van der Waals surface area contributed by atoms with E-state index in [-0.39, 0.29) is 17.3 Å². The second-order valence-corrected chi connectivity index (χ2v) is 5.77. The van der Waals surface area contributed by atoms with Crippen molar-refractivity contribution in [2.75, 3.05) is 7.11 Å². The van der Waals surface area contributed by atoms with E-state index in [9.17, 15) is 9.59 Å². The van der Waals surface area contributed by atoms with Crippen LogP contribution in [-0.2, 0) is 14.3 Å². The number of rotatable bonds is 2. The van der Waals surface area contributed by atoms with E-state index >= 15 is 0 Å². The molecule has 17 heavy (non-hydrogen) atoms. The van der Waals surface area contributed by atoms with Crippen LogP contribution in [0.25, 0.3) is 0 Å². The number of carbonyl (C=O) groups is 2. The highest BCUT2D eigenvalue weighted by Crippen LogP contribution is 2.69. The normalized spacial score (nSPS) is 47.2. The molecule has 1 amide bonds. The van der Waals surface area contributed by atoms with Crippen molar-refractivity contribution in [1.29, 1.82) is 0 Å². The summed E-state index contributed by atoms with van der Waals surface area (Å²) in [6.45, 7) is 5.57. The summed E-state index contributed by atoms with van der Waals surface area (Å²) in [4.78, 5) is 24.1. The summed E-state index contributed by atoms with van der Waals surface area (Å²) < 4.78 is 4.90. The van der Waals surface area contributed by atoms with E-state index < -0.39 is 16.7 Å². The van der Waals surface area contributed by atoms with Gasteiger partial charge in [0.15, 0.2) is 0 Å². The first-order chi connectivity index (χ1) is 7.74. The van der Waals surface area contributed by atoms with Gasteiger partial charge in [-0.25, -0.2) is 0 Å². The molecule has 2 bridgehead atoms. The Morgan fingerprint density at radius 1 is 1.35 bits per heavy atom. The standard InChI is InChI=1S/C13H19NO3/c1-11-6-5-8(7-11)12(2,10(16)17-4)13(11,3)9(14)15/h5-6,8H,7H2,1-4H3,(H2,14,15). The fourth-order valence-electron chi connectivity index (χ4n) is 3.76. The van der Waals surface area contributed by atoms with E-state index in [1.54, 1.807) is 13.8 Å². The van der Waals surface area contributed by atoms with Gasteiger partial charge >= 0.3 is 5.97 Å². The summed E-state index contributed by atoms with van der Waals surface area (Å²) in [6.07, 6.45) is 4.81. The number of carbonyl (C=O) groups excluding carboxylic acids is 2. The average Bonchev–Trinajstić information content (AvgIpc) is 2.75. The molecule has 4 atom stereocenters. The van der Waals surface area contributed by atoms with Gasteiger partial charge in [-0.2, -0.15) is 0 Å². The van der Waals surface area contributed by atoms with Gasteiger partial charge in [0, 0.05) is 5.41 Å². The van der Waals surface area contributed by atoms with E-state index in [1.165, 1.54) is 7.11 Å². The van der Waals surface area contributed by atoms with Crippen LogP contribution in [0.3, 0.4) is 0 Å². The van der Waals surface area contributed by atoms with Gasteiger partial charge in [-0.15, -0.1) is 0 Å². The third-order valence-corrected chi connectivity index (χ3v) is 5.37. The second-order valence-electron chi connectivity index (χ2n) is 5.77. The molecule has 0 aromatic carbocycles. The minimum absolute atomic E-state index is 0.0254. The minimum Gasteiger partial charge on any atom is -0.469 e. The van der Waals surface area contributed by atoms with Crippen LogP contribution >= 0.6 is 0 Å². The van der Waals surface area contributed by atoms with Gasteiger partial charge in [-0.05, 0) is 26.2 Å². The van der Waals surface area contributed by atoms with Gasteiger partial charge in [0.05, 0.1) is 17.9 Å². The highest BCUT2D eigenvalue weighted by Gasteiger charge is 2.72. The number of ether oxygens (including phenoxy) is 1. The van der Waals surface area contributed by atoms with Crippen molar-refractivity contribution in [3.8, 4) is 0 Å². The number of fused-ring (bicyclic) bond motifs is 2. The molecular formula is C13H19NO3. The number of hydrogen-bond donors (Lipinski definition) is 1. The van der Waals surface area contributed by atoms with Crippen molar-refractivity contribution >= 4 is 11.9 Å². The lowest BCUT2D eigenvalue weighted by molar-refractivity contribution is -0.168. The molecule has 0 aliphatic heterocycles. The molecule has 1 fully saturated rings. The SMILES string of the molecule is COC(=O)C1(C)C2C=CC(C)(C2)C1(C)C(N)=O. The molecule has 2 rings (SSSR count). The number of allylic oxidation sites excluding steroid dienone is 2. The molecule has 4 nitrogen and oxygen atoms in total. The van der Waals surface area contributed by atoms with Crippen LogP contribution in [0.5, 0.6) is 0 Å². The number of amides is 1. The van der Waals surface area contributed by atoms with Gasteiger partial charge in [-0.1, -0.05) is 19.1 Å². The van der Waals surface area contributed by atoms with Gasteiger partial charge < -0.3 is 10.5 Å². The zero-order chi connectivity index (χ0) is 13.1. The number of primary amides is 1. The Morgan fingerprint density at radius 3 is 2.41 bits per heavy atom. The Labute approximate surface area is 101 Å². The summed E-state index contributed by atoms with van der Waals surface area (Å²) >= 11 is 0. The number of hydrogen-bond acceptors (Lipinski definition) is 3. The van der Waals surface area contributed by atoms with E-state index in [1.807, 2.05) is 19.1 Å². The highest BCUT2D eigenvalue weighted by atomic mass is 16.5. The fraction of sp³-hybridized carbons (Fsp3) is 0.692. The van der Waals surface area contributed by atoms with Crippen LogP contribution in [0, 0.1) is 22.2 Å². The molecule has 94 valence electrons.